The molecule has 1 atom stereocenters. The van der Waals surface area contributed by atoms with E-state index in [4.69, 9.17) is 16.1 Å². The number of halogens is 1. The summed E-state index contributed by atoms with van der Waals surface area (Å²) in [7, 11) is 2.00. The van der Waals surface area contributed by atoms with Crippen LogP contribution in [0.4, 0.5) is 5.95 Å². The third kappa shape index (κ3) is 3.81. The highest BCUT2D eigenvalue weighted by Crippen LogP contribution is 2.36. The van der Waals surface area contributed by atoms with Gasteiger partial charge in [0.2, 0.25) is 5.95 Å². The van der Waals surface area contributed by atoms with Crippen molar-refractivity contribution in [1.29, 1.82) is 0 Å². The molecule has 0 radical (unpaired) electrons. The second-order valence-electron chi connectivity index (χ2n) is 7.90. The van der Waals surface area contributed by atoms with Gasteiger partial charge in [-0.25, -0.2) is 0 Å². The lowest BCUT2D eigenvalue weighted by atomic mass is 9.99. The van der Waals surface area contributed by atoms with E-state index in [1.807, 2.05) is 67.2 Å². The Hall–Kier alpha value is -3.19. The number of rotatable bonds is 4. The van der Waals surface area contributed by atoms with E-state index in [9.17, 15) is 0 Å². The van der Waals surface area contributed by atoms with Crippen LogP contribution < -0.4 is 4.90 Å². The molecule has 0 amide bonds. The number of anilines is 1. The van der Waals surface area contributed by atoms with Crippen LogP contribution in [0.2, 0.25) is 5.02 Å². The predicted molar refractivity (Wildman–Crippen MR) is 120 cm³/mol. The summed E-state index contributed by atoms with van der Waals surface area (Å²) in [5, 5.41) is 14.1. The van der Waals surface area contributed by atoms with Crippen molar-refractivity contribution in [2.24, 2.45) is 7.05 Å². The van der Waals surface area contributed by atoms with Crippen molar-refractivity contribution in [2.45, 2.75) is 32.2 Å². The fourth-order valence-electron chi connectivity index (χ4n) is 4.12. The average Bonchev–Trinajstić information content (AvgIpc) is 3.42. The van der Waals surface area contributed by atoms with E-state index >= 15 is 0 Å². The molecule has 31 heavy (non-hydrogen) atoms. The fourth-order valence-corrected chi connectivity index (χ4v) is 4.31. The number of benzene rings is 1. The van der Waals surface area contributed by atoms with Gasteiger partial charge >= 0.3 is 0 Å². The zero-order chi connectivity index (χ0) is 21.4. The SMILES string of the molecule is Cc1ccc(-c2nnc(N3CCCCC3c3cc(-c4cccc(Cl)c4)on3)n2C)cn1. The molecule has 1 saturated heterocycles. The Bertz CT molecular complexity index is 1200. The largest absolute Gasteiger partial charge is 0.356 e. The molecule has 0 N–H and O–H groups in total. The summed E-state index contributed by atoms with van der Waals surface area (Å²) < 4.78 is 7.70. The van der Waals surface area contributed by atoms with Crippen LogP contribution in [0.15, 0.2) is 53.2 Å². The first-order valence-electron chi connectivity index (χ1n) is 10.4. The molecule has 4 aromatic rings. The van der Waals surface area contributed by atoms with Gasteiger partial charge in [-0.05, 0) is 50.5 Å². The second-order valence-corrected chi connectivity index (χ2v) is 8.34. The Morgan fingerprint density at radius 1 is 1.06 bits per heavy atom. The molecule has 1 aromatic carbocycles. The highest BCUT2D eigenvalue weighted by atomic mass is 35.5. The van der Waals surface area contributed by atoms with Crippen LogP contribution in [0, 0.1) is 6.92 Å². The number of piperidine rings is 1. The van der Waals surface area contributed by atoms with E-state index in [0.29, 0.717) is 10.8 Å². The van der Waals surface area contributed by atoms with Crippen LogP contribution in [0.5, 0.6) is 0 Å². The molecule has 5 rings (SSSR count). The first-order valence-corrected chi connectivity index (χ1v) is 10.8. The molecular formula is C23H23ClN6O. The lowest BCUT2D eigenvalue weighted by Gasteiger charge is -2.34. The monoisotopic (exact) mass is 434 g/mol. The highest BCUT2D eigenvalue weighted by Gasteiger charge is 2.30. The number of hydrogen-bond donors (Lipinski definition) is 0. The minimum absolute atomic E-state index is 0.0809. The maximum atomic E-state index is 6.14. The van der Waals surface area contributed by atoms with Crippen molar-refractivity contribution >= 4 is 17.5 Å². The molecule has 1 aliphatic heterocycles. The molecule has 1 fully saturated rings. The quantitative estimate of drug-likeness (QED) is 0.438. The summed E-state index contributed by atoms with van der Waals surface area (Å²) in [6.45, 7) is 2.86. The predicted octanol–water partition coefficient (Wildman–Crippen LogP) is 5.23. The van der Waals surface area contributed by atoms with Crippen LogP contribution in [-0.4, -0.2) is 31.4 Å². The second kappa shape index (κ2) is 8.15. The van der Waals surface area contributed by atoms with Crippen molar-refractivity contribution in [3.8, 4) is 22.7 Å². The Labute approximate surface area is 185 Å². The van der Waals surface area contributed by atoms with Gasteiger partial charge in [0.15, 0.2) is 11.6 Å². The van der Waals surface area contributed by atoms with Gasteiger partial charge in [0.05, 0.1) is 6.04 Å². The van der Waals surface area contributed by atoms with E-state index in [-0.39, 0.29) is 6.04 Å². The summed E-state index contributed by atoms with van der Waals surface area (Å²) in [5.74, 6) is 2.34. The van der Waals surface area contributed by atoms with E-state index in [1.54, 1.807) is 0 Å². The van der Waals surface area contributed by atoms with Gasteiger partial charge in [-0.2, -0.15) is 0 Å². The van der Waals surface area contributed by atoms with Gasteiger partial charge in [0, 0.05) is 47.7 Å². The van der Waals surface area contributed by atoms with Crippen LogP contribution in [0.1, 0.15) is 36.7 Å². The van der Waals surface area contributed by atoms with Gasteiger partial charge in [-0.1, -0.05) is 28.9 Å². The maximum Gasteiger partial charge on any atom is 0.227 e. The van der Waals surface area contributed by atoms with Crippen molar-refractivity contribution in [2.75, 3.05) is 11.4 Å². The van der Waals surface area contributed by atoms with Crippen molar-refractivity contribution in [3.05, 3.63) is 65.1 Å². The number of pyridine rings is 1. The molecule has 4 heterocycles. The summed E-state index contributed by atoms with van der Waals surface area (Å²) >= 11 is 6.14. The first kappa shape index (κ1) is 19.8. The van der Waals surface area contributed by atoms with Crippen molar-refractivity contribution in [3.63, 3.8) is 0 Å². The minimum Gasteiger partial charge on any atom is -0.356 e. The van der Waals surface area contributed by atoms with E-state index in [0.717, 1.165) is 60.1 Å². The lowest BCUT2D eigenvalue weighted by Crippen LogP contribution is -2.35. The maximum absolute atomic E-state index is 6.14. The summed E-state index contributed by atoms with van der Waals surface area (Å²) in [6, 6.07) is 13.7. The zero-order valence-electron chi connectivity index (χ0n) is 17.5. The molecule has 3 aromatic heterocycles. The van der Waals surface area contributed by atoms with Crippen LogP contribution in [-0.2, 0) is 7.05 Å². The smallest absolute Gasteiger partial charge is 0.227 e. The standard InChI is InChI=1S/C23H23ClN6O/c1-15-9-10-17(14-25-15)22-26-27-23(29(22)2)30-11-4-3-8-20(30)19-13-21(31-28-19)16-6-5-7-18(24)12-16/h5-7,9-10,12-14,20H,3-4,8,11H2,1-2H3. The normalized spacial score (nSPS) is 16.6. The van der Waals surface area contributed by atoms with E-state index in [2.05, 4.69) is 25.2 Å². The lowest BCUT2D eigenvalue weighted by molar-refractivity contribution is 0.392. The van der Waals surface area contributed by atoms with Crippen molar-refractivity contribution < 1.29 is 4.52 Å². The Balaban J connectivity index is 1.46. The minimum atomic E-state index is 0.0809. The third-order valence-electron chi connectivity index (χ3n) is 5.76. The number of nitrogens with zero attached hydrogens (tertiary/aromatic N) is 6. The third-order valence-corrected chi connectivity index (χ3v) is 6.00. The van der Waals surface area contributed by atoms with Gasteiger partial charge in [-0.15, -0.1) is 10.2 Å². The number of aromatic nitrogens is 5. The fraction of sp³-hybridized carbons (Fsp3) is 0.304. The average molecular weight is 435 g/mol. The molecular weight excluding hydrogens is 412 g/mol. The zero-order valence-corrected chi connectivity index (χ0v) is 18.3. The Kier molecular flexibility index (Phi) is 5.19. The highest BCUT2D eigenvalue weighted by molar-refractivity contribution is 6.30. The molecule has 0 aliphatic carbocycles. The molecule has 0 spiro atoms. The number of aryl methyl sites for hydroxylation is 1. The van der Waals surface area contributed by atoms with Crippen LogP contribution in [0.3, 0.4) is 0 Å². The summed E-state index contributed by atoms with van der Waals surface area (Å²) in [6.07, 6.45) is 5.05. The van der Waals surface area contributed by atoms with Gasteiger partial charge in [0.25, 0.3) is 0 Å². The molecule has 158 valence electrons. The molecule has 0 saturated carbocycles. The number of hydrogen-bond acceptors (Lipinski definition) is 6. The topological polar surface area (TPSA) is 72.9 Å². The molecule has 0 bridgehead atoms. The van der Waals surface area contributed by atoms with Crippen LogP contribution >= 0.6 is 11.6 Å². The molecule has 1 aliphatic rings. The van der Waals surface area contributed by atoms with Crippen LogP contribution in [0.25, 0.3) is 22.7 Å². The van der Waals surface area contributed by atoms with Gasteiger partial charge in [-0.3, -0.25) is 9.55 Å². The first-order chi connectivity index (χ1) is 15.1. The van der Waals surface area contributed by atoms with E-state index < -0.39 is 0 Å². The Morgan fingerprint density at radius 2 is 1.97 bits per heavy atom. The Morgan fingerprint density at radius 3 is 2.77 bits per heavy atom. The molecule has 7 nitrogen and oxygen atoms in total. The van der Waals surface area contributed by atoms with Crippen molar-refractivity contribution in [1.82, 2.24) is 24.9 Å². The molecule has 8 heteroatoms. The molecule has 1 unspecified atom stereocenters. The van der Waals surface area contributed by atoms with Gasteiger partial charge in [0.1, 0.15) is 5.69 Å². The summed E-state index contributed by atoms with van der Waals surface area (Å²) in [4.78, 5) is 6.67. The van der Waals surface area contributed by atoms with E-state index in [1.165, 1.54) is 0 Å². The summed E-state index contributed by atoms with van der Waals surface area (Å²) in [5.41, 5.74) is 3.74. The van der Waals surface area contributed by atoms with Gasteiger partial charge < -0.3 is 9.42 Å².